The lowest BCUT2D eigenvalue weighted by atomic mass is 10.2. The highest BCUT2D eigenvalue weighted by Gasteiger charge is 2.23. The first kappa shape index (κ1) is 17.4. The second-order valence-electron chi connectivity index (χ2n) is 5.99. The maximum atomic E-state index is 12.3. The lowest BCUT2D eigenvalue weighted by Gasteiger charge is -2.26. The maximum absolute atomic E-state index is 12.3. The van der Waals surface area contributed by atoms with Gasteiger partial charge in [0.05, 0.1) is 19.0 Å². The number of ether oxygens (including phenoxy) is 1. The fourth-order valence-corrected chi connectivity index (χ4v) is 4.18. The van der Waals surface area contributed by atoms with Crippen LogP contribution in [0.25, 0.3) is 0 Å². The Morgan fingerprint density at radius 2 is 2.08 bits per heavy atom. The van der Waals surface area contributed by atoms with Gasteiger partial charge in [-0.2, -0.15) is 4.98 Å². The highest BCUT2D eigenvalue weighted by Crippen LogP contribution is 2.29. The molecule has 7 nitrogen and oxygen atoms in total. The number of hydrogen-bond donors (Lipinski definition) is 1. The SMILES string of the molecule is O=C(CSc1nc(=O)n(CCCO)c2c1CCC2)N1CCOCC1. The Hall–Kier alpha value is -1.38. The van der Waals surface area contributed by atoms with Crippen LogP contribution in [0.15, 0.2) is 9.82 Å². The molecule has 1 aromatic rings. The second-order valence-corrected chi connectivity index (χ2v) is 6.95. The molecule has 0 unspecified atom stereocenters. The van der Waals surface area contributed by atoms with E-state index in [1.54, 1.807) is 9.47 Å². The third-order valence-electron chi connectivity index (χ3n) is 4.44. The van der Waals surface area contributed by atoms with Crippen LogP contribution >= 0.6 is 11.8 Å². The number of carbonyl (C=O) groups is 1. The molecule has 2 heterocycles. The van der Waals surface area contributed by atoms with Gasteiger partial charge in [0.25, 0.3) is 0 Å². The van der Waals surface area contributed by atoms with Crippen molar-refractivity contribution in [2.45, 2.75) is 37.3 Å². The minimum Gasteiger partial charge on any atom is -0.396 e. The van der Waals surface area contributed by atoms with Gasteiger partial charge in [-0.1, -0.05) is 11.8 Å². The summed E-state index contributed by atoms with van der Waals surface area (Å²) in [6, 6.07) is 0. The first-order chi connectivity index (χ1) is 11.7. The highest BCUT2D eigenvalue weighted by molar-refractivity contribution is 7.99. The average Bonchev–Trinajstić information content (AvgIpc) is 3.09. The summed E-state index contributed by atoms with van der Waals surface area (Å²) >= 11 is 1.37. The number of thioether (sulfide) groups is 1. The van der Waals surface area contributed by atoms with E-state index >= 15 is 0 Å². The van der Waals surface area contributed by atoms with E-state index in [1.807, 2.05) is 0 Å². The maximum Gasteiger partial charge on any atom is 0.348 e. The van der Waals surface area contributed by atoms with Crippen LogP contribution in [0.2, 0.25) is 0 Å². The number of aromatic nitrogens is 2. The van der Waals surface area contributed by atoms with Crippen LogP contribution in [0.4, 0.5) is 0 Å². The van der Waals surface area contributed by atoms with E-state index in [9.17, 15) is 9.59 Å². The molecule has 1 fully saturated rings. The molecule has 1 aliphatic carbocycles. The molecule has 1 aromatic heterocycles. The summed E-state index contributed by atoms with van der Waals surface area (Å²) in [4.78, 5) is 30.6. The second kappa shape index (κ2) is 8.13. The monoisotopic (exact) mass is 353 g/mol. The summed E-state index contributed by atoms with van der Waals surface area (Å²) in [5.41, 5.74) is 1.86. The number of morpholine rings is 1. The van der Waals surface area contributed by atoms with Gasteiger partial charge in [0.1, 0.15) is 5.03 Å². The van der Waals surface area contributed by atoms with Crippen LogP contribution in [-0.4, -0.2) is 64.1 Å². The van der Waals surface area contributed by atoms with Gasteiger partial charge < -0.3 is 14.7 Å². The molecule has 0 saturated carbocycles. The largest absolute Gasteiger partial charge is 0.396 e. The van der Waals surface area contributed by atoms with Gasteiger partial charge in [0.2, 0.25) is 5.91 Å². The zero-order valence-corrected chi connectivity index (χ0v) is 14.5. The molecule has 24 heavy (non-hydrogen) atoms. The van der Waals surface area contributed by atoms with Crippen LogP contribution in [0, 0.1) is 0 Å². The molecule has 1 amide bonds. The van der Waals surface area contributed by atoms with Gasteiger partial charge in [-0.05, 0) is 25.7 Å². The first-order valence-corrected chi connectivity index (χ1v) is 9.41. The molecule has 132 valence electrons. The van der Waals surface area contributed by atoms with Crippen LogP contribution < -0.4 is 5.69 Å². The number of fused-ring (bicyclic) bond motifs is 1. The minimum absolute atomic E-state index is 0.0613. The molecule has 0 bridgehead atoms. The van der Waals surface area contributed by atoms with Crippen molar-refractivity contribution in [2.24, 2.45) is 0 Å². The fraction of sp³-hybridized carbons (Fsp3) is 0.688. The molecular weight excluding hydrogens is 330 g/mol. The lowest BCUT2D eigenvalue weighted by Crippen LogP contribution is -2.41. The Balaban J connectivity index is 1.72. The van der Waals surface area contributed by atoms with Crippen molar-refractivity contribution >= 4 is 17.7 Å². The van der Waals surface area contributed by atoms with Crippen LogP contribution in [0.1, 0.15) is 24.1 Å². The molecule has 0 spiro atoms. The topological polar surface area (TPSA) is 84.7 Å². The number of amides is 1. The van der Waals surface area contributed by atoms with Gasteiger partial charge in [-0.3, -0.25) is 9.36 Å². The lowest BCUT2D eigenvalue weighted by molar-refractivity contribution is -0.132. The zero-order chi connectivity index (χ0) is 16.9. The predicted molar refractivity (Wildman–Crippen MR) is 90.3 cm³/mol. The Morgan fingerprint density at radius 1 is 1.29 bits per heavy atom. The van der Waals surface area contributed by atoms with Gasteiger partial charge in [0.15, 0.2) is 0 Å². The van der Waals surface area contributed by atoms with Crippen LogP contribution in [-0.2, 0) is 28.9 Å². The average molecular weight is 353 g/mol. The van der Waals surface area contributed by atoms with E-state index < -0.39 is 0 Å². The summed E-state index contributed by atoms with van der Waals surface area (Å²) in [6.45, 7) is 3.01. The molecule has 1 aliphatic heterocycles. The van der Waals surface area contributed by atoms with Crippen molar-refractivity contribution in [2.75, 3.05) is 38.7 Å². The van der Waals surface area contributed by atoms with E-state index in [-0.39, 0.29) is 18.2 Å². The summed E-state index contributed by atoms with van der Waals surface area (Å²) in [5.74, 6) is 0.376. The molecule has 0 radical (unpaired) electrons. The molecule has 8 heteroatoms. The van der Waals surface area contributed by atoms with Crippen molar-refractivity contribution in [3.63, 3.8) is 0 Å². The van der Waals surface area contributed by atoms with Crippen molar-refractivity contribution in [3.8, 4) is 0 Å². The quantitative estimate of drug-likeness (QED) is 0.575. The van der Waals surface area contributed by atoms with Crippen molar-refractivity contribution in [1.29, 1.82) is 0 Å². The van der Waals surface area contributed by atoms with Crippen LogP contribution in [0.5, 0.6) is 0 Å². The summed E-state index contributed by atoms with van der Waals surface area (Å²) in [7, 11) is 0. The van der Waals surface area contributed by atoms with Gasteiger partial charge >= 0.3 is 5.69 Å². The Morgan fingerprint density at radius 3 is 2.83 bits per heavy atom. The highest BCUT2D eigenvalue weighted by atomic mass is 32.2. The normalized spacial score (nSPS) is 17.1. The van der Waals surface area contributed by atoms with E-state index in [4.69, 9.17) is 9.84 Å². The fourth-order valence-electron chi connectivity index (χ4n) is 3.20. The predicted octanol–water partition coefficient (Wildman–Crippen LogP) is 0.0653. The molecule has 3 rings (SSSR count). The van der Waals surface area contributed by atoms with E-state index in [1.165, 1.54) is 11.8 Å². The van der Waals surface area contributed by atoms with Crippen molar-refractivity contribution in [3.05, 3.63) is 21.7 Å². The van der Waals surface area contributed by atoms with E-state index in [0.717, 1.165) is 30.5 Å². The molecule has 1 N–H and O–H groups in total. The Bertz CT molecular complexity index is 655. The molecule has 1 saturated heterocycles. The number of rotatable bonds is 6. The van der Waals surface area contributed by atoms with Gasteiger partial charge in [-0.25, -0.2) is 4.79 Å². The van der Waals surface area contributed by atoms with E-state index in [0.29, 0.717) is 50.0 Å². The molecule has 0 aromatic carbocycles. The van der Waals surface area contributed by atoms with Crippen molar-refractivity contribution in [1.82, 2.24) is 14.5 Å². The number of nitrogens with zero attached hydrogens (tertiary/aromatic N) is 3. The number of hydrogen-bond acceptors (Lipinski definition) is 6. The summed E-state index contributed by atoms with van der Waals surface area (Å²) in [5, 5.41) is 9.70. The smallest absolute Gasteiger partial charge is 0.348 e. The first-order valence-electron chi connectivity index (χ1n) is 8.42. The number of aliphatic hydroxyl groups is 1. The van der Waals surface area contributed by atoms with E-state index in [2.05, 4.69) is 4.98 Å². The number of aliphatic hydroxyl groups excluding tert-OH is 1. The standard InChI is InChI=1S/C16H23N3O4S/c20-8-2-5-19-13-4-1-3-12(13)15(17-16(19)22)24-11-14(21)18-6-9-23-10-7-18/h20H,1-11H2. The minimum atomic E-state index is -0.273. The van der Waals surface area contributed by atoms with Gasteiger partial charge in [0, 0.05) is 37.5 Å². The molecule has 0 atom stereocenters. The Kier molecular flexibility index (Phi) is 5.91. The zero-order valence-electron chi connectivity index (χ0n) is 13.7. The van der Waals surface area contributed by atoms with Crippen LogP contribution in [0.3, 0.4) is 0 Å². The van der Waals surface area contributed by atoms with Crippen molar-refractivity contribution < 1.29 is 14.6 Å². The van der Waals surface area contributed by atoms with Gasteiger partial charge in [-0.15, -0.1) is 0 Å². The third-order valence-corrected chi connectivity index (χ3v) is 5.44. The number of carbonyl (C=O) groups excluding carboxylic acids is 1. The summed E-state index contributed by atoms with van der Waals surface area (Å²) < 4.78 is 6.95. The summed E-state index contributed by atoms with van der Waals surface area (Å²) in [6.07, 6.45) is 3.32. The molecule has 2 aliphatic rings. The molecular formula is C16H23N3O4S. The third kappa shape index (κ3) is 3.81. The Labute approximate surface area is 145 Å².